The third-order valence-electron chi connectivity index (χ3n) is 25.5. The molecule has 8 unspecified atom stereocenters. The summed E-state index contributed by atoms with van der Waals surface area (Å²) in [5, 5.41) is 40.0. The van der Waals surface area contributed by atoms with Crippen LogP contribution >= 0.6 is 0 Å². The van der Waals surface area contributed by atoms with Crippen LogP contribution in [0.5, 0.6) is 40.2 Å². The zero-order valence-electron chi connectivity index (χ0n) is 71.7. The average molecular weight is 1740 g/mol. The Morgan fingerprint density at radius 3 is 1.43 bits per heavy atom. The maximum absolute atomic E-state index is 14.7. The second-order valence-electron chi connectivity index (χ2n) is 35.2. The minimum Gasteiger partial charge on any atom is -0.507 e. The van der Waals surface area contributed by atoms with Gasteiger partial charge in [0.15, 0.2) is 17.6 Å². The standard InChI is InChI=1S/C34H44O9.C31H45FO9.C28H38O6.6CH4/c1-4-32(2,3)30(39)43-34-14-21-10-22(15-34)13-33(12-21,20-34)31(40)42-27(23-8-6-5-7-9-23)19-41-18-25-11-24(16-35)28(37)26(17-36)29(25)38;1-7-29(2,32)27(33)41-31-14-20-10-21(15-31)13-30(12-20,19-31)28(34)40-9-8-39-17-23-11-22(16-35-3)25(37-5)24(18-36-4)26(23)38-6;1-6-28(2,3)27(29)34-25-17-10-8-15-23(25)32-22-14-7-9-16-24(22)33-26-20(18-30-4)12-11-13-21(26)19-31-5;;;;;;/h5-9,11,21-22,27,35-38H,4,10,12-20H2,1-3H3;11,20-21H,7-10,12-19H2,1-6H3;8,10-13,15,17,22,24H,6-7,9,14,16,18-19H2,1-5H3;6*1H4. The minimum atomic E-state index is -2.03. The van der Waals surface area contributed by atoms with E-state index in [-0.39, 0.29) is 160 Å². The van der Waals surface area contributed by atoms with Gasteiger partial charge in [0, 0.05) is 74.7 Å². The first-order valence-corrected chi connectivity index (χ1v) is 41.9. The summed E-state index contributed by atoms with van der Waals surface area (Å²) in [6.07, 6.45) is 13.0. The Kier molecular flexibility index (Phi) is 41.5. The number of aromatic hydroxyl groups is 2. The number of carbonyl (C=O) groups is 5. The number of benzene rings is 5. The van der Waals surface area contributed by atoms with Crippen LogP contribution in [-0.4, -0.2) is 142 Å². The Hall–Kier alpha value is -8.14. The molecule has 9 aliphatic carbocycles. The third kappa shape index (κ3) is 25.4. The lowest BCUT2D eigenvalue weighted by atomic mass is 9.48. The van der Waals surface area contributed by atoms with E-state index in [9.17, 15) is 48.8 Å². The van der Waals surface area contributed by atoms with E-state index in [0.29, 0.717) is 99.8 Å². The van der Waals surface area contributed by atoms with Gasteiger partial charge in [0.25, 0.3) is 0 Å². The van der Waals surface area contributed by atoms with E-state index >= 15 is 0 Å². The van der Waals surface area contributed by atoms with Crippen molar-refractivity contribution in [3.05, 3.63) is 135 Å². The van der Waals surface area contributed by atoms with Crippen molar-refractivity contribution in [2.75, 3.05) is 62.5 Å². The number of aliphatic hydroxyl groups is 2. The molecule has 0 radical (unpaired) electrons. The molecule has 14 rings (SSSR count). The number of rotatable bonds is 38. The van der Waals surface area contributed by atoms with Gasteiger partial charge in [0.1, 0.15) is 58.8 Å². The molecule has 0 amide bonds. The number of para-hydroxylation sites is 3. The number of ether oxygens (including phenoxy) is 15. The highest BCUT2D eigenvalue weighted by Crippen LogP contribution is 2.65. The molecular weight excluding hydrogens is 1590 g/mol. The third-order valence-corrected chi connectivity index (χ3v) is 25.5. The van der Waals surface area contributed by atoms with Crippen LogP contribution < -0.4 is 23.7 Å². The van der Waals surface area contributed by atoms with Crippen LogP contribution in [-0.2, 0) is 124 Å². The van der Waals surface area contributed by atoms with Crippen LogP contribution in [0.3, 0.4) is 0 Å². The van der Waals surface area contributed by atoms with Gasteiger partial charge < -0.3 is 91.5 Å². The molecule has 5 aromatic carbocycles. The summed E-state index contributed by atoms with van der Waals surface area (Å²) in [6, 6.07) is 26.1. The zero-order chi connectivity index (χ0) is 85.4. The highest BCUT2D eigenvalue weighted by atomic mass is 19.1. The minimum absolute atomic E-state index is 0. The Labute approximate surface area is 739 Å². The Morgan fingerprint density at radius 1 is 0.468 bits per heavy atom. The van der Waals surface area contributed by atoms with Gasteiger partial charge in [-0.15, -0.1) is 0 Å². The number of carbonyl (C=O) groups excluding carboxylic acids is 5. The van der Waals surface area contributed by atoms with Crippen molar-refractivity contribution in [2.45, 2.75) is 310 Å². The second kappa shape index (κ2) is 47.6. The van der Waals surface area contributed by atoms with E-state index in [0.717, 1.165) is 116 Å². The normalized spacial score (nSPS) is 23.5. The van der Waals surface area contributed by atoms with Gasteiger partial charge in [-0.05, 0) is 197 Å². The van der Waals surface area contributed by atoms with Gasteiger partial charge in [-0.2, -0.15) is 0 Å². The summed E-state index contributed by atoms with van der Waals surface area (Å²) in [4.78, 5) is 66.1. The smallest absolute Gasteiger partial charge is 0.344 e. The number of aliphatic hydroxyl groups excluding tert-OH is 2. The van der Waals surface area contributed by atoms with Crippen LogP contribution in [0.4, 0.5) is 4.39 Å². The van der Waals surface area contributed by atoms with Crippen molar-refractivity contribution in [1.82, 2.24) is 0 Å². The molecular formula is C99H151FO24. The maximum Gasteiger partial charge on any atom is 0.344 e. The van der Waals surface area contributed by atoms with Crippen molar-refractivity contribution >= 4 is 29.8 Å². The fourth-order valence-corrected chi connectivity index (χ4v) is 19.1. The highest BCUT2D eigenvalue weighted by Gasteiger charge is 2.65. The number of alkyl halides is 1. The average Bonchev–Trinajstić information content (AvgIpc) is 0.717. The van der Waals surface area contributed by atoms with Crippen LogP contribution in [0.15, 0.2) is 84.9 Å². The summed E-state index contributed by atoms with van der Waals surface area (Å²) in [6.45, 7) is 15.3. The lowest BCUT2D eigenvalue weighted by Crippen LogP contribution is -2.60. The Morgan fingerprint density at radius 2 is 0.927 bits per heavy atom. The van der Waals surface area contributed by atoms with E-state index in [2.05, 4.69) is 0 Å². The molecule has 124 heavy (non-hydrogen) atoms. The predicted molar refractivity (Wildman–Crippen MR) is 476 cm³/mol. The Bertz CT molecular complexity index is 4160. The monoisotopic (exact) mass is 1740 g/mol. The van der Waals surface area contributed by atoms with E-state index in [1.807, 2.05) is 114 Å². The highest BCUT2D eigenvalue weighted by molar-refractivity contribution is 5.82. The SMILES string of the molecule is C.C.C.C.C.C.CCC(C)(C)C(=O)OC12CC3CC(C1)CC(C(=O)OC(COCc1cc(CO)c(O)c(CO)c1O)c1ccccc1)(C3)C2.CCC(C)(C)C(=O)Oc1ccccc1OC1CCCCC1Oc1c(COC)cccc1COC.CCC(C)(F)C(=O)OC12CC3CC(C1)CC(C(=O)OCCOCc1cc(COC)c(OC)c(COC)c1OC)(C3)C2. The van der Waals surface area contributed by atoms with Gasteiger partial charge in [0.2, 0.25) is 5.67 Å². The lowest BCUT2D eigenvalue weighted by Gasteiger charge is -2.60. The first-order chi connectivity index (χ1) is 56.4. The number of methoxy groups -OCH3 is 6. The van der Waals surface area contributed by atoms with E-state index in [4.69, 9.17) is 71.1 Å². The first kappa shape index (κ1) is 108. The lowest BCUT2D eigenvalue weighted by molar-refractivity contribution is -0.220. The van der Waals surface area contributed by atoms with E-state index < -0.39 is 63.8 Å². The number of phenols is 2. The van der Waals surface area contributed by atoms with Crippen LogP contribution in [0, 0.1) is 45.3 Å². The molecule has 0 saturated heterocycles. The molecule has 8 bridgehead atoms. The first-order valence-electron chi connectivity index (χ1n) is 41.9. The number of hydrogen-bond acceptors (Lipinski definition) is 24. The van der Waals surface area contributed by atoms with Gasteiger partial charge in [-0.1, -0.05) is 126 Å². The quantitative estimate of drug-likeness (QED) is 0.0123. The van der Waals surface area contributed by atoms with Crippen LogP contribution in [0.25, 0.3) is 0 Å². The number of hydrogen-bond donors (Lipinski definition) is 4. The van der Waals surface area contributed by atoms with Gasteiger partial charge >= 0.3 is 29.8 Å². The van der Waals surface area contributed by atoms with Gasteiger partial charge in [-0.3, -0.25) is 19.2 Å². The van der Waals surface area contributed by atoms with E-state index in [1.165, 1.54) is 13.0 Å². The molecule has 9 saturated carbocycles. The topological polar surface area (TPSA) is 305 Å². The van der Waals surface area contributed by atoms with Crippen molar-refractivity contribution in [1.29, 1.82) is 0 Å². The van der Waals surface area contributed by atoms with Gasteiger partial charge in [-0.25, -0.2) is 9.18 Å². The molecule has 9 fully saturated rings. The summed E-state index contributed by atoms with van der Waals surface area (Å²) < 4.78 is 102. The second-order valence-corrected chi connectivity index (χ2v) is 35.2. The molecule has 0 aromatic heterocycles. The van der Waals surface area contributed by atoms with Crippen LogP contribution in [0.2, 0.25) is 0 Å². The van der Waals surface area contributed by atoms with Crippen LogP contribution in [0.1, 0.15) is 278 Å². The van der Waals surface area contributed by atoms with E-state index in [1.54, 1.807) is 55.6 Å². The zero-order valence-corrected chi connectivity index (χ0v) is 71.7. The summed E-state index contributed by atoms with van der Waals surface area (Å²) in [7, 11) is 9.75. The molecule has 8 atom stereocenters. The molecule has 0 aliphatic heterocycles. The van der Waals surface area contributed by atoms with Crippen molar-refractivity contribution in [3.63, 3.8) is 0 Å². The molecule has 25 heteroatoms. The molecule has 4 N–H and O–H groups in total. The summed E-state index contributed by atoms with van der Waals surface area (Å²) in [5.74, 6) is 1.66. The molecule has 24 nitrogen and oxygen atoms in total. The number of halogens is 1. The van der Waals surface area contributed by atoms with Crippen molar-refractivity contribution in [3.8, 4) is 40.2 Å². The Balaban J connectivity index is 0.000000384. The molecule has 9 aliphatic rings. The van der Waals surface area contributed by atoms with Gasteiger partial charge in [0.05, 0.1) is 113 Å². The summed E-state index contributed by atoms with van der Waals surface area (Å²) in [5.41, 5.74) is -0.557. The molecule has 5 aromatic rings. The fraction of sp³-hybridized carbons (Fsp3) is 0.646. The molecule has 698 valence electrons. The van der Waals surface area contributed by atoms with Crippen molar-refractivity contribution < 1.29 is 120 Å². The fourth-order valence-electron chi connectivity index (χ4n) is 19.1. The predicted octanol–water partition coefficient (Wildman–Crippen LogP) is 20.2. The molecule has 0 heterocycles. The maximum atomic E-state index is 14.7. The largest absolute Gasteiger partial charge is 0.507 e. The molecule has 0 spiro atoms. The number of esters is 5. The summed E-state index contributed by atoms with van der Waals surface area (Å²) >= 11 is 0. The van der Waals surface area contributed by atoms with Crippen molar-refractivity contribution in [2.24, 2.45) is 45.3 Å².